The fourth-order valence-electron chi connectivity index (χ4n) is 5.22. The van der Waals surface area contributed by atoms with Gasteiger partial charge < -0.3 is 23.8 Å². The van der Waals surface area contributed by atoms with Crippen LogP contribution in [-0.2, 0) is 25.5 Å². The standard InChI is InChI=1S/C28H37NO6S/c1-20-9-7-5-4-6-8-10-23-16-24(34-26(30)15-20)17-28(33-3,35-23)25-19-36-27(31)29(25)18-21-11-13-22(32-2)14-12-21/h4-5,11-15,23-25H,6-10,16-19H2,1-3H3/t23-,24-,25?,28?/m1/s1. The number of ether oxygens (including phenoxy) is 4. The molecule has 0 spiro atoms. The first-order valence-electron chi connectivity index (χ1n) is 12.7. The summed E-state index contributed by atoms with van der Waals surface area (Å²) in [4.78, 5) is 27.5. The van der Waals surface area contributed by atoms with Crippen LogP contribution in [0.3, 0.4) is 0 Å². The van der Waals surface area contributed by atoms with Crippen LogP contribution in [0.5, 0.6) is 5.75 Å². The fraction of sp³-hybridized carbons (Fsp3) is 0.571. The first kappa shape index (κ1) is 26.8. The second-order valence-corrected chi connectivity index (χ2v) is 10.7. The average molecular weight is 516 g/mol. The number of benzene rings is 1. The number of rotatable bonds is 5. The van der Waals surface area contributed by atoms with Crippen molar-refractivity contribution in [2.45, 2.75) is 82.5 Å². The van der Waals surface area contributed by atoms with E-state index in [0.717, 1.165) is 49.0 Å². The molecule has 7 nitrogen and oxygen atoms in total. The quantitative estimate of drug-likeness (QED) is 0.371. The van der Waals surface area contributed by atoms with Gasteiger partial charge >= 0.3 is 5.97 Å². The van der Waals surface area contributed by atoms with Crippen LogP contribution in [0.1, 0.15) is 57.4 Å². The van der Waals surface area contributed by atoms with Crippen molar-refractivity contribution < 1.29 is 28.5 Å². The van der Waals surface area contributed by atoms with E-state index >= 15 is 0 Å². The Morgan fingerprint density at radius 2 is 1.89 bits per heavy atom. The summed E-state index contributed by atoms with van der Waals surface area (Å²) < 4.78 is 24.0. The Balaban J connectivity index is 1.58. The van der Waals surface area contributed by atoms with Gasteiger partial charge in [-0.25, -0.2) is 4.79 Å². The van der Waals surface area contributed by atoms with Crippen LogP contribution < -0.4 is 4.74 Å². The SMILES string of the molecule is COc1ccc(CN2C(=O)SCC2C2(OC)C[C@H]3C[C@@H](CCCC=CCCC(C)=CC(=O)O3)O2)cc1. The average Bonchev–Trinajstić information content (AvgIpc) is 3.23. The summed E-state index contributed by atoms with van der Waals surface area (Å²) in [5, 5.41) is -0.00246. The number of thioether (sulfide) groups is 1. The number of nitrogens with zero attached hydrogens (tertiary/aromatic N) is 1. The normalized spacial score (nSPS) is 29.9. The Bertz CT molecular complexity index is 977. The number of amides is 1. The second kappa shape index (κ2) is 12.3. The number of methoxy groups -OCH3 is 2. The van der Waals surface area contributed by atoms with Crippen LogP contribution in [0.25, 0.3) is 0 Å². The lowest BCUT2D eigenvalue weighted by Gasteiger charge is -2.48. The van der Waals surface area contributed by atoms with Gasteiger partial charge in [0.1, 0.15) is 11.9 Å². The summed E-state index contributed by atoms with van der Waals surface area (Å²) >= 11 is 1.28. The highest BCUT2D eigenvalue weighted by atomic mass is 32.2. The van der Waals surface area contributed by atoms with Crippen molar-refractivity contribution in [2.75, 3.05) is 20.0 Å². The minimum Gasteiger partial charge on any atom is -0.497 e. The molecule has 2 saturated heterocycles. The molecule has 2 fully saturated rings. The van der Waals surface area contributed by atoms with E-state index in [4.69, 9.17) is 18.9 Å². The smallest absolute Gasteiger partial charge is 0.330 e. The van der Waals surface area contributed by atoms with Crippen LogP contribution in [0.4, 0.5) is 4.79 Å². The Morgan fingerprint density at radius 3 is 2.64 bits per heavy atom. The second-order valence-electron chi connectivity index (χ2n) is 9.75. The molecule has 36 heavy (non-hydrogen) atoms. The van der Waals surface area contributed by atoms with Crippen molar-refractivity contribution in [2.24, 2.45) is 0 Å². The third-order valence-corrected chi connectivity index (χ3v) is 8.12. The van der Waals surface area contributed by atoms with Gasteiger partial charge in [-0.1, -0.05) is 41.6 Å². The lowest BCUT2D eigenvalue weighted by atomic mass is 9.90. The third kappa shape index (κ3) is 6.52. The van der Waals surface area contributed by atoms with Gasteiger partial charge in [0.05, 0.1) is 19.3 Å². The predicted molar refractivity (Wildman–Crippen MR) is 140 cm³/mol. The zero-order valence-corrected chi connectivity index (χ0v) is 22.3. The number of esters is 1. The molecule has 0 aromatic heterocycles. The molecule has 4 rings (SSSR count). The predicted octanol–water partition coefficient (Wildman–Crippen LogP) is 5.63. The van der Waals surface area contributed by atoms with Gasteiger partial charge in [0.25, 0.3) is 5.24 Å². The van der Waals surface area contributed by atoms with Gasteiger partial charge in [0, 0.05) is 38.3 Å². The zero-order valence-electron chi connectivity index (χ0n) is 21.4. The van der Waals surface area contributed by atoms with Crippen LogP contribution in [0, 0.1) is 0 Å². The van der Waals surface area contributed by atoms with Gasteiger partial charge in [0.2, 0.25) is 0 Å². The molecule has 3 aliphatic rings. The molecule has 1 amide bonds. The maximum Gasteiger partial charge on any atom is 0.330 e. The molecule has 1 aromatic carbocycles. The Morgan fingerprint density at radius 1 is 1.11 bits per heavy atom. The Hall–Kier alpha value is -2.29. The van der Waals surface area contributed by atoms with Crippen molar-refractivity contribution in [3.63, 3.8) is 0 Å². The Kier molecular flexibility index (Phi) is 9.14. The summed E-state index contributed by atoms with van der Waals surface area (Å²) in [6, 6.07) is 7.42. The third-order valence-electron chi connectivity index (χ3n) is 7.16. The van der Waals surface area contributed by atoms with Crippen LogP contribution in [-0.4, -0.2) is 60.1 Å². The molecule has 1 aromatic rings. The molecule has 0 radical (unpaired) electrons. The number of hydrogen-bond donors (Lipinski definition) is 0. The molecule has 2 bridgehead atoms. The van der Waals surface area contributed by atoms with Gasteiger partial charge in [0.15, 0.2) is 5.79 Å². The van der Waals surface area contributed by atoms with Gasteiger partial charge in [-0.3, -0.25) is 4.79 Å². The molecule has 0 N–H and O–H groups in total. The summed E-state index contributed by atoms with van der Waals surface area (Å²) in [5.74, 6) is -0.0489. The monoisotopic (exact) mass is 515 g/mol. The van der Waals surface area contributed by atoms with E-state index in [9.17, 15) is 9.59 Å². The molecule has 3 aliphatic heterocycles. The van der Waals surface area contributed by atoms with Gasteiger partial charge in [-0.2, -0.15) is 0 Å². The highest BCUT2D eigenvalue weighted by molar-refractivity contribution is 8.13. The van der Waals surface area contributed by atoms with E-state index < -0.39 is 5.79 Å². The lowest BCUT2D eigenvalue weighted by Crippen LogP contribution is -2.60. The van der Waals surface area contributed by atoms with E-state index in [-0.39, 0.29) is 29.5 Å². The van der Waals surface area contributed by atoms with Gasteiger partial charge in [-0.05, 0) is 56.7 Å². The molecule has 0 aliphatic carbocycles. The Labute approximate surface area is 218 Å². The first-order chi connectivity index (χ1) is 17.4. The van der Waals surface area contributed by atoms with E-state index in [1.54, 1.807) is 20.3 Å². The van der Waals surface area contributed by atoms with Crippen LogP contribution in [0.2, 0.25) is 0 Å². The van der Waals surface area contributed by atoms with E-state index in [1.807, 2.05) is 36.1 Å². The van der Waals surface area contributed by atoms with Crippen molar-refractivity contribution in [1.29, 1.82) is 0 Å². The van der Waals surface area contributed by atoms with Crippen molar-refractivity contribution in [3.05, 3.63) is 53.6 Å². The minimum atomic E-state index is -1.05. The number of fused-ring (bicyclic) bond motifs is 2. The number of carbonyl (C=O) groups is 2. The maximum absolute atomic E-state index is 13.0. The molecule has 8 heteroatoms. The van der Waals surface area contributed by atoms with Gasteiger partial charge in [-0.15, -0.1) is 0 Å². The van der Waals surface area contributed by atoms with E-state index in [0.29, 0.717) is 25.1 Å². The molecule has 3 heterocycles. The first-order valence-corrected chi connectivity index (χ1v) is 13.7. The summed E-state index contributed by atoms with van der Waals surface area (Å²) in [6.07, 6.45) is 11.1. The topological polar surface area (TPSA) is 74.3 Å². The molecular weight excluding hydrogens is 478 g/mol. The molecule has 0 saturated carbocycles. The minimum absolute atomic E-state index is 0.00246. The molecular formula is C28H37NO6S. The number of allylic oxidation sites excluding steroid dienone is 3. The van der Waals surface area contributed by atoms with Crippen molar-refractivity contribution >= 4 is 23.0 Å². The molecule has 2 unspecified atom stereocenters. The zero-order chi connectivity index (χ0) is 25.5. The van der Waals surface area contributed by atoms with E-state index in [1.165, 1.54) is 11.8 Å². The highest BCUT2D eigenvalue weighted by Crippen LogP contribution is 2.43. The number of hydrogen-bond acceptors (Lipinski definition) is 7. The fourth-order valence-corrected chi connectivity index (χ4v) is 6.31. The van der Waals surface area contributed by atoms with Crippen LogP contribution in [0.15, 0.2) is 48.1 Å². The summed E-state index contributed by atoms with van der Waals surface area (Å²) in [7, 11) is 3.26. The summed E-state index contributed by atoms with van der Waals surface area (Å²) in [6.45, 7) is 2.41. The van der Waals surface area contributed by atoms with E-state index in [2.05, 4.69) is 12.2 Å². The molecule has 4 atom stereocenters. The lowest BCUT2D eigenvalue weighted by molar-refractivity contribution is -0.305. The van der Waals surface area contributed by atoms with Crippen LogP contribution >= 0.6 is 11.8 Å². The summed E-state index contributed by atoms with van der Waals surface area (Å²) in [5.41, 5.74) is 2.01. The van der Waals surface area contributed by atoms with Crippen molar-refractivity contribution in [3.8, 4) is 5.75 Å². The van der Waals surface area contributed by atoms with Crippen molar-refractivity contribution in [1.82, 2.24) is 4.90 Å². The number of carbonyl (C=O) groups excluding carboxylic acids is 2. The largest absolute Gasteiger partial charge is 0.497 e. The highest BCUT2D eigenvalue weighted by Gasteiger charge is 2.54. The molecule has 196 valence electrons. The maximum atomic E-state index is 13.0.